The number of hydrogen-bond acceptors (Lipinski definition) is 0. The second-order valence-electron chi connectivity index (χ2n) is 5.39. The third-order valence-electron chi connectivity index (χ3n) is 4.16. The van der Waals surface area contributed by atoms with Crippen LogP contribution >= 0.6 is 0 Å². The average molecular weight is 231 g/mol. The number of rotatable bonds is 4. The minimum atomic E-state index is -0.0937. The highest BCUT2D eigenvalue weighted by Gasteiger charge is 2.21. The SMILES string of the molecule is CCCC1CCC(c2ccc(C[O])cc2)CC1. The lowest BCUT2D eigenvalue weighted by atomic mass is 9.77. The topological polar surface area (TPSA) is 19.9 Å². The van der Waals surface area contributed by atoms with Crippen LogP contribution in [0.1, 0.15) is 62.5 Å². The zero-order valence-electron chi connectivity index (χ0n) is 10.8. The van der Waals surface area contributed by atoms with Gasteiger partial charge in [-0.2, -0.15) is 0 Å². The van der Waals surface area contributed by atoms with Crippen molar-refractivity contribution in [2.45, 2.75) is 58.0 Å². The van der Waals surface area contributed by atoms with Gasteiger partial charge in [-0.1, -0.05) is 44.0 Å². The predicted molar refractivity (Wildman–Crippen MR) is 70.4 cm³/mol. The molecule has 0 bridgehead atoms. The Morgan fingerprint density at radius 2 is 1.71 bits per heavy atom. The molecule has 1 heteroatoms. The molecule has 1 saturated carbocycles. The van der Waals surface area contributed by atoms with Gasteiger partial charge in [-0.15, -0.1) is 0 Å². The molecule has 1 aliphatic rings. The normalized spacial score (nSPS) is 24.8. The van der Waals surface area contributed by atoms with Gasteiger partial charge in [0.1, 0.15) is 6.61 Å². The second-order valence-corrected chi connectivity index (χ2v) is 5.39. The smallest absolute Gasteiger partial charge is 0.107 e. The van der Waals surface area contributed by atoms with Crippen LogP contribution < -0.4 is 0 Å². The van der Waals surface area contributed by atoms with E-state index in [2.05, 4.69) is 19.1 Å². The zero-order chi connectivity index (χ0) is 12.1. The van der Waals surface area contributed by atoms with Crippen LogP contribution in [0.15, 0.2) is 24.3 Å². The van der Waals surface area contributed by atoms with E-state index in [4.69, 9.17) is 0 Å². The van der Waals surface area contributed by atoms with E-state index in [9.17, 15) is 5.11 Å². The van der Waals surface area contributed by atoms with Crippen LogP contribution in [-0.2, 0) is 11.7 Å². The molecule has 0 saturated heterocycles. The summed E-state index contributed by atoms with van der Waals surface area (Å²) >= 11 is 0. The molecule has 17 heavy (non-hydrogen) atoms. The second kappa shape index (κ2) is 6.20. The third-order valence-corrected chi connectivity index (χ3v) is 4.16. The monoisotopic (exact) mass is 231 g/mol. The van der Waals surface area contributed by atoms with E-state index >= 15 is 0 Å². The van der Waals surface area contributed by atoms with E-state index in [1.165, 1.54) is 44.1 Å². The van der Waals surface area contributed by atoms with E-state index in [-0.39, 0.29) is 6.61 Å². The summed E-state index contributed by atoms with van der Waals surface area (Å²) in [5.74, 6) is 1.71. The van der Waals surface area contributed by atoms with Crippen LogP contribution in [0.2, 0.25) is 0 Å². The lowest BCUT2D eigenvalue weighted by molar-refractivity contribution is 0.177. The van der Waals surface area contributed by atoms with Crippen molar-refractivity contribution in [1.82, 2.24) is 0 Å². The van der Waals surface area contributed by atoms with Crippen molar-refractivity contribution >= 4 is 0 Å². The maximum absolute atomic E-state index is 10.7. The Hall–Kier alpha value is -0.820. The van der Waals surface area contributed by atoms with E-state index in [0.717, 1.165) is 17.4 Å². The van der Waals surface area contributed by atoms with Gasteiger partial charge in [0.05, 0.1) is 0 Å². The molecule has 0 spiro atoms. The van der Waals surface area contributed by atoms with Crippen molar-refractivity contribution < 1.29 is 5.11 Å². The molecule has 0 unspecified atom stereocenters. The highest BCUT2D eigenvalue weighted by molar-refractivity contribution is 5.25. The molecule has 0 heterocycles. The lowest BCUT2D eigenvalue weighted by Crippen LogP contribution is -2.13. The maximum Gasteiger partial charge on any atom is 0.107 e. The van der Waals surface area contributed by atoms with Crippen molar-refractivity contribution in [3.8, 4) is 0 Å². The molecule has 0 amide bonds. The summed E-state index contributed by atoms with van der Waals surface area (Å²) in [4.78, 5) is 0. The Morgan fingerprint density at radius 1 is 1.06 bits per heavy atom. The summed E-state index contributed by atoms with van der Waals surface area (Å²) < 4.78 is 0. The Labute approximate surface area is 105 Å². The van der Waals surface area contributed by atoms with E-state index < -0.39 is 0 Å². The molecule has 1 aliphatic carbocycles. The predicted octanol–water partition coefficient (Wildman–Crippen LogP) is 4.69. The molecule has 0 aliphatic heterocycles. The van der Waals surface area contributed by atoms with Gasteiger partial charge in [-0.3, -0.25) is 0 Å². The highest BCUT2D eigenvalue weighted by atomic mass is 16.3. The quantitative estimate of drug-likeness (QED) is 0.716. The van der Waals surface area contributed by atoms with Crippen molar-refractivity contribution in [2.24, 2.45) is 5.92 Å². The van der Waals surface area contributed by atoms with Crippen LogP contribution in [-0.4, -0.2) is 0 Å². The molecule has 1 fully saturated rings. The number of hydrogen-bond donors (Lipinski definition) is 0. The average Bonchev–Trinajstić information content (AvgIpc) is 2.40. The van der Waals surface area contributed by atoms with Crippen molar-refractivity contribution in [3.63, 3.8) is 0 Å². The van der Waals surface area contributed by atoms with Gasteiger partial charge in [0.15, 0.2) is 0 Å². The molecule has 0 atom stereocenters. The van der Waals surface area contributed by atoms with Crippen molar-refractivity contribution in [2.75, 3.05) is 0 Å². The maximum atomic E-state index is 10.7. The molecule has 1 nitrogen and oxygen atoms in total. The van der Waals surface area contributed by atoms with Crippen molar-refractivity contribution in [3.05, 3.63) is 35.4 Å². The fourth-order valence-electron chi connectivity index (χ4n) is 3.08. The molecule has 1 radical (unpaired) electrons. The van der Waals surface area contributed by atoms with E-state index in [1.807, 2.05) is 12.1 Å². The summed E-state index contributed by atoms with van der Waals surface area (Å²) in [5, 5.41) is 10.7. The Bertz CT molecular complexity index is 320. The van der Waals surface area contributed by atoms with Gasteiger partial charge in [-0.25, -0.2) is 5.11 Å². The summed E-state index contributed by atoms with van der Waals surface area (Å²) in [6.45, 7) is 2.19. The zero-order valence-corrected chi connectivity index (χ0v) is 10.8. The Kier molecular flexibility index (Phi) is 4.61. The Balaban J connectivity index is 1.91. The summed E-state index contributed by atoms with van der Waals surface area (Å²) in [6.07, 6.45) is 8.18. The van der Waals surface area contributed by atoms with E-state index in [1.54, 1.807) is 0 Å². The van der Waals surface area contributed by atoms with Gasteiger partial charge >= 0.3 is 0 Å². The standard InChI is InChI=1S/C16H23O/c1-2-3-13-4-8-15(9-5-13)16-10-6-14(12-17)7-11-16/h6-7,10-11,13,15H,2-5,8-9,12H2,1H3. The lowest BCUT2D eigenvalue weighted by Gasteiger charge is -2.28. The minimum Gasteiger partial charge on any atom is -0.232 e. The first-order valence-corrected chi connectivity index (χ1v) is 7.00. The summed E-state index contributed by atoms with van der Waals surface area (Å²) in [7, 11) is 0. The van der Waals surface area contributed by atoms with Gasteiger partial charge < -0.3 is 0 Å². The molecule has 2 rings (SSSR count). The van der Waals surface area contributed by atoms with Crippen LogP contribution in [0, 0.1) is 5.92 Å². The van der Waals surface area contributed by atoms with Gasteiger partial charge in [-0.05, 0) is 48.6 Å². The van der Waals surface area contributed by atoms with E-state index in [0.29, 0.717) is 0 Å². The van der Waals surface area contributed by atoms with Crippen molar-refractivity contribution in [1.29, 1.82) is 0 Å². The molecular weight excluding hydrogens is 208 g/mol. The highest BCUT2D eigenvalue weighted by Crippen LogP contribution is 2.37. The van der Waals surface area contributed by atoms with Gasteiger partial charge in [0.2, 0.25) is 0 Å². The molecule has 0 N–H and O–H groups in total. The fourth-order valence-corrected chi connectivity index (χ4v) is 3.08. The summed E-state index contributed by atoms with van der Waals surface area (Å²) in [5.41, 5.74) is 2.35. The third kappa shape index (κ3) is 3.32. The van der Waals surface area contributed by atoms with Gasteiger partial charge in [0, 0.05) is 0 Å². The molecule has 1 aromatic rings. The van der Waals surface area contributed by atoms with Gasteiger partial charge in [0.25, 0.3) is 0 Å². The molecular formula is C16H23O. The molecule has 0 aromatic heterocycles. The van der Waals surface area contributed by atoms with Crippen LogP contribution in [0.4, 0.5) is 0 Å². The van der Waals surface area contributed by atoms with Crippen LogP contribution in [0.5, 0.6) is 0 Å². The Morgan fingerprint density at radius 3 is 2.24 bits per heavy atom. The first kappa shape index (κ1) is 12.6. The van der Waals surface area contributed by atoms with Crippen LogP contribution in [0.3, 0.4) is 0 Å². The largest absolute Gasteiger partial charge is 0.232 e. The minimum absolute atomic E-state index is 0.0937. The van der Waals surface area contributed by atoms with Crippen LogP contribution in [0.25, 0.3) is 0 Å². The molecule has 93 valence electrons. The first-order chi connectivity index (χ1) is 8.33. The first-order valence-electron chi connectivity index (χ1n) is 7.00. The number of benzene rings is 1. The molecule has 1 aromatic carbocycles. The fraction of sp³-hybridized carbons (Fsp3) is 0.625. The summed E-state index contributed by atoms with van der Waals surface area (Å²) in [6, 6.07) is 8.33.